The number of anilines is 2. The number of aryl methyl sites for hydroxylation is 1. The van der Waals surface area contributed by atoms with E-state index in [1.54, 1.807) is 25.4 Å². The molecule has 1 aromatic carbocycles. The maximum Gasteiger partial charge on any atom is 0.229 e. The smallest absolute Gasteiger partial charge is 0.229 e. The van der Waals surface area contributed by atoms with Crippen LogP contribution in [-0.4, -0.2) is 28.8 Å². The van der Waals surface area contributed by atoms with Gasteiger partial charge in [-0.2, -0.15) is 4.98 Å². The van der Waals surface area contributed by atoms with Gasteiger partial charge in [0.05, 0.1) is 0 Å². The lowest BCUT2D eigenvalue weighted by Gasteiger charge is -2.07. The van der Waals surface area contributed by atoms with Crippen molar-refractivity contribution in [2.45, 2.75) is 25.7 Å². The Kier molecular flexibility index (Phi) is 6.21. The van der Waals surface area contributed by atoms with Gasteiger partial charge in [-0.15, -0.1) is 0 Å². The highest BCUT2D eigenvalue weighted by Crippen LogP contribution is 2.33. The minimum Gasteiger partial charge on any atom is -0.402 e. The molecule has 0 spiro atoms. The Hall–Kier alpha value is -3.42. The molecule has 0 unspecified atom stereocenters. The number of aromatic nitrogens is 2. The predicted octanol–water partition coefficient (Wildman–Crippen LogP) is 2.14. The normalized spacial score (nSPS) is 14.6. The molecule has 1 aliphatic carbocycles. The first-order valence-electron chi connectivity index (χ1n) is 9.24. The van der Waals surface area contributed by atoms with Crippen LogP contribution in [0, 0.1) is 5.92 Å². The fourth-order valence-electron chi connectivity index (χ4n) is 2.61. The Labute approximate surface area is 164 Å². The maximum atomic E-state index is 11.3. The fraction of sp³-hybridized carbons (Fsp3) is 0.300. The molecule has 1 aliphatic rings. The molecule has 0 atom stereocenters. The van der Waals surface area contributed by atoms with E-state index < -0.39 is 0 Å². The average molecular weight is 379 g/mol. The van der Waals surface area contributed by atoms with Crippen molar-refractivity contribution in [2.75, 3.05) is 12.4 Å². The number of hydrogen-bond acceptors (Lipinski definition) is 6. The number of hydrogen-bond donors (Lipinski definition) is 4. The molecule has 1 heterocycles. The van der Waals surface area contributed by atoms with Gasteiger partial charge in [0.15, 0.2) is 5.82 Å². The number of carbonyl (C=O) groups excluding carboxylic acids is 1. The second-order valence-corrected chi connectivity index (χ2v) is 6.69. The number of nitrogens with zero attached hydrogens (tertiary/aromatic N) is 3. The van der Waals surface area contributed by atoms with Crippen LogP contribution in [0.5, 0.6) is 0 Å². The van der Waals surface area contributed by atoms with Gasteiger partial charge in [-0.1, -0.05) is 12.1 Å². The van der Waals surface area contributed by atoms with E-state index in [0.717, 1.165) is 29.8 Å². The third kappa shape index (κ3) is 5.80. The molecule has 8 nitrogen and oxygen atoms in total. The van der Waals surface area contributed by atoms with Crippen molar-refractivity contribution < 1.29 is 4.79 Å². The largest absolute Gasteiger partial charge is 0.402 e. The number of amides is 1. The summed E-state index contributed by atoms with van der Waals surface area (Å²) in [5.41, 5.74) is 14.6. The van der Waals surface area contributed by atoms with Crippen LogP contribution in [0.25, 0.3) is 0 Å². The molecule has 2 aromatic rings. The number of carbonyl (C=O) groups is 1. The Balaban J connectivity index is 1.62. The lowest BCUT2D eigenvalue weighted by Crippen LogP contribution is -2.17. The molecule has 0 bridgehead atoms. The maximum absolute atomic E-state index is 11.3. The van der Waals surface area contributed by atoms with E-state index >= 15 is 0 Å². The first kappa shape index (κ1) is 19.3. The van der Waals surface area contributed by atoms with Gasteiger partial charge >= 0.3 is 0 Å². The van der Waals surface area contributed by atoms with Crippen LogP contribution in [0.3, 0.4) is 0 Å². The summed E-state index contributed by atoms with van der Waals surface area (Å²) >= 11 is 0. The van der Waals surface area contributed by atoms with Crippen molar-refractivity contribution in [3.63, 3.8) is 0 Å². The molecule has 6 N–H and O–H groups in total. The van der Waals surface area contributed by atoms with Crippen LogP contribution in [0.15, 0.2) is 53.3 Å². The summed E-state index contributed by atoms with van der Waals surface area (Å²) in [5.74, 6) is 1.68. The summed E-state index contributed by atoms with van der Waals surface area (Å²) in [4.78, 5) is 24.2. The summed E-state index contributed by atoms with van der Waals surface area (Å²) in [6.45, 7) is 0. The standard InChI is InChI=1S/C20H25N7O/c1-23-19(28)9-4-13-2-7-15(8-3-13)25-20-24-11-10-18(27-20)26-17(22)12-16(21)14-5-6-14/h2-3,7-8,10-12,14H,4-6,9,21H2,1H3,(H,23,28)(H3,22,24,25,26,27). The SMILES string of the molecule is CNC(=O)CCc1ccc(Nc2nccc(N=C(N)C=C(N)C3CC3)n2)cc1. The summed E-state index contributed by atoms with van der Waals surface area (Å²) < 4.78 is 0. The lowest BCUT2D eigenvalue weighted by atomic mass is 10.1. The molecule has 3 rings (SSSR count). The van der Waals surface area contributed by atoms with Crippen LogP contribution in [0.4, 0.5) is 17.5 Å². The summed E-state index contributed by atoms with van der Waals surface area (Å²) in [6, 6.07) is 9.46. The highest BCUT2D eigenvalue weighted by molar-refractivity contribution is 5.93. The predicted molar refractivity (Wildman–Crippen MR) is 110 cm³/mol. The van der Waals surface area contributed by atoms with Crippen molar-refractivity contribution in [1.82, 2.24) is 15.3 Å². The molecule has 28 heavy (non-hydrogen) atoms. The van der Waals surface area contributed by atoms with Gasteiger partial charge in [0.25, 0.3) is 0 Å². The highest BCUT2D eigenvalue weighted by atomic mass is 16.1. The Morgan fingerprint density at radius 1 is 1.25 bits per heavy atom. The number of amidine groups is 1. The van der Waals surface area contributed by atoms with Crippen molar-refractivity contribution in [1.29, 1.82) is 0 Å². The number of rotatable bonds is 8. The third-order valence-corrected chi connectivity index (χ3v) is 4.38. The fourth-order valence-corrected chi connectivity index (χ4v) is 2.61. The monoisotopic (exact) mass is 379 g/mol. The van der Waals surface area contributed by atoms with E-state index in [1.165, 1.54) is 0 Å². The van der Waals surface area contributed by atoms with Gasteiger partial charge in [-0.25, -0.2) is 9.98 Å². The highest BCUT2D eigenvalue weighted by Gasteiger charge is 2.23. The molecule has 1 fully saturated rings. The molecule has 1 amide bonds. The summed E-state index contributed by atoms with van der Waals surface area (Å²) in [7, 11) is 1.64. The van der Waals surface area contributed by atoms with E-state index in [1.807, 2.05) is 24.3 Å². The van der Waals surface area contributed by atoms with Crippen LogP contribution in [0.1, 0.15) is 24.8 Å². The van der Waals surface area contributed by atoms with Crippen LogP contribution < -0.4 is 22.1 Å². The number of benzene rings is 1. The van der Waals surface area contributed by atoms with Gasteiger partial charge in [0, 0.05) is 37.1 Å². The molecular weight excluding hydrogens is 354 g/mol. The average Bonchev–Trinajstić information content (AvgIpc) is 3.52. The topological polar surface area (TPSA) is 131 Å². The number of allylic oxidation sites excluding steroid dienone is 1. The first-order valence-corrected chi connectivity index (χ1v) is 9.24. The molecule has 1 saturated carbocycles. The van der Waals surface area contributed by atoms with Crippen LogP contribution in [-0.2, 0) is 11.2 Å². The third-order valence-electron chi connectivity index (χ3n) is 4.38. The molecule has 0 radical (unpaired) electrons. The molecule has 0 saturated heterocycles. The Morgan fingerprint density at radius 2 is 2.00 bits per heavy atom. The van der Waals surface area contributed by atoms with E-state index in [-0.39, 0.29) is 5.91 Å². The van der Waals surface area contributed by atoms with Crippen LogP contribution in [0.2, 0.25) is 0 Å². The molecular formula is C20H25N7O. The van der Waals surface area contributed by atoms with E-state index in [4.69, 9.17) is 11.5 Å². The zero-order valence-electron chi connectivity index (χ0n) is 15.9. The van der Waals surface area contributed by atoms with E-state index in [2.05, 4.69) is 25.6 Å². The summed E-state index contributed by atoms with van der Waals surface area (Å²) in [6.07, 6.45) is 6.70. The van der Waals surface area contributed by atoms with E-state index in [9.17, 15) is 4.79 Å². The van der Waals surface area contributed by atoms with Gasteiger partial charge < -0.3 is 22.1 Å². The second-order valence-electron chi connectivity index (χ2n) is 6.69. The van der Waals surface area contributed by atoms with Gasteiger partial charge in [0.1, 0.15) is 5.84 Å². The Morgan fingerprint density at radius 3 is 2.68 bits per heavy atom. The first-order chi connectivity index (χ1) is 13.5. The second kappa shape index (κ2) is 8.98. The van der Waals surface area contributed by atoms with Crippen molar-refractivity contribution in [2.24, 2.45) is 22.4 Å². The number of nitrogens with two attached hydrogens (primary N) is 2. The van der Waals surface area contributed by atoms with Crippen molar-refractivity contribution in [3.05, 3.63) is 53.9 Å². The van der Waals surface area contributed by atoms with E-state index in [0.29, 0.717) is 36.4 Å². The lowest BCUT2D eigenvalue weighted by molar-refractivity contribution is -0.120. The molecule has 1 aromatic heterocycles. The van der Waals surface area contributed by atoms with Crippen molar-refractivity contribution >= 4 is 29.2 Å². The van der Waals surface area contributed by atoms with Gasteiger partial charge in [-0.3, -0.25) is 4.79 Å². The molecule has 146 valence electrons. The molecule has 0 aliphatic heterocycles. The zero-order valence-corrected chi connectivity index (χ0v) is 15.9. The number of nitrogens with one attached hydrogen (secondary N) is 2. The minimum atomic E-state index is 0.0287. The summed E-state index contributed by atoms with van der Waals surface area (Å²) in [5, 5.41) is 5.76. The van der Waals surface area contributed by atoms with Gasteiger partial charge in [0.2, 0.25) is 11.9 Å². The van der Waals surface area contributed by atoms with Crippen LogP contribution >= 0.6 is 0 Å². The number of aliphatic imine (C=N–C) groups is 1. The quantitative estimate of drug-likeness (QED) is 0.410. The Bertz CT molecular complexity index is 886. The van der Waals surface area contributed by atoms with Gasteiger partial charge in [-0.05, 0) is 49.0 Å². The zero-order chi connectivity index (χ0) is 19.9. The molecule has 8 heteroatoms. The van der Waals surface area contributed by atoms with Crippen molar-refractivity contribution in [3.8, 4) is 0 Å². The minimum absolute atomic E-state index is 0.0287.